The van der Waals surface area contributed by atoms with Gasteiger partial charge < -0.3 is 19.7 Å². The minimum atomic E-state index is 0.740. The van der Waals surface area contributed by atoms with Crippen molar-refractivity contribution in [2.45, 2.75) is 26.6 Å². The van der Waals surface area contributed by atoms with Gasteiger partial charge in [-0.2, -0.15) is 0 Å². The number of rotatable bonds is 7. The van der Waals surface area contributed by atoms with E-state index in [0.717, 1.165) is 42.9 Å². The molecule has 26 heavy (non-hydrogen) atoms. The summed E-state index contributed by atoms with van der Waals surface area (Å²) < 4.78 is 2.04. The van der Waals surface area contributed by atoms with Crippen LogP contribution in [0.5, 0.6) is 0 Å². The second-order valence-corrected chi connectivity index (χ2v) is 7.10. The van der Waals surface area contributed by atoms with E-state index in [9.17, 15) is 0 Å². The van der Waals surface area contributed by atoms with Crippen LogP contribution in [0.2, 0.25) is 5.02 Å². The third kappa shape index (κ3) is 5.78. The summed E-state index contributed by atoms with van der Waals surface area (Å²) in [6.45, 7) is 5.67. The van der Waals surface area contributed by atoms with E-state index >= 15 is 0 Å². The molecular formula is C20H30ClN5. The summed E-state index contributed by atoms with van der Waals surface area (Å²) in [5.74, 6) is 0.860. The van der Waals surface area contributed by atoms with Gasteiger partial charge in [-0.1, -0.05) is 42.8 Å². The van der Waals surface area contributed by atoms with E-state index in [1.54, 1.807) is 0 Å². The fraction of sp³-hybridized carbons (Fsp3) is 0.450. The Hall–Kier alpha value is -1.98. The van der Waals surface area contributed by atoms with Crippen LogP contribution >= 0.6 is 11.6 Å². The minimum absolute atomic E-state index is 0.740. The molecule has 0 bridgehead atoms. The highest BCUT2D eigenvalue weighted by Crippen LogP contribution is 2.14. The number of nitrogens with one attached hydrogen (secondary N) is 1. The number of hydrogen-bond acceptors (Lipinski definition) is 2. The molecule has 1 aromatic heterocycles. The third-order valence-corrected chi connectivity index (χ3v) is 4.69. The second-order valence-electron chi connectivity index (χ2n) is 6.67. The Morgan fingerprint density at radius 1 is 1.19 bits per heavy atom. The van der Waals surface area contributed by atoms with Crippen molar-refractivity contribution < 1.29 is 0 Å². The van der Waals surface area contributed by atoms with Crippen LogP contribution in [0.3, 0.4) is 0 Å². The highest BCUT2D eigenvalue weighted by atomic mass is 35.5. The zero-order chi connectivity index (χ0) is 19.1. The summed E-state index contributed by atoms with van der Waals surface area (Å²) in [5, 5.41) is 4.20. The lowest BCUT2D eigenvalue weighted by Crippen LogP contribution is -2.38. The molecular weight excluding hydrogens is 346 g/mol. The van der Waals surface area contributed by atoms with Gasteiger partial charge in [0, 0.05) is 46.1 Å². The van der Waals surface area contributed by atoms with Crippen LogP contribution in [-0.4, -0.2) is 48.0 Å². The van der Waals surface area contributed by atoms with E-state index in [4.69, 9.17) is 11.6 Å². The molecule has 0 aliphatic carbocycles. The average molecular weight is 376 g/mol. The zero-order valence-corrected chi connectivity index (χ0v) is 17.2. The number of nitrogens with zero attached hydrogens (tertiary/aromatic N) is 4. The molecule has 5 nitrogen and oxygen atoms in total. The molecule has 0 amide bonds. The summed E-state index contributed by atoms with van der Waals surface area (Å²) in [5.41, 5.74) is 3.73. The molecule has 0 spiro atoms. The number of guanidine groups is 1. The highest BCUT2D eigenvalue weighted by molar-refractivity contribution is 6.30. The Bertz CT molecular complexity index is 738. The zero-order valence-electron chi connectivity index (χ0n) is 16.5. The molecule has 0 aliphatic heterocycles. The van der Waals surface area contributed by atoms with Gasteiger partial charge in [-0.05, 0) is 30.8 Å². The lowest BCUT2D eigenvalue weighted by molar-refractivity contribution is 0.345. The molecule has 0 saturated heterocycles. The van der Waals surface area contributed by atoms with Gasteiger partial charge in [0.1, 0.15) is 0 Å². The van der Waals surface area contributed by atoms with Crippen LogP contribution in [0.15, 0.2) is 41.5 Å². The predicted octanol–water partition coefficient (Wildman–Crippen LogP) is 3.34. The van der Waals surface area contributed by atoms with Crippen molar-refractivity contribution >= 4 is 17.6 Å². The molecule has 6 heteroatoms. The first-order valence-electron chi connectivity index (χ1n) is 8.91. The van der Waals surface area contributed by atoms with Crippen LogP contribution in [-0.2, 0) is 26.7 Å². The maximum atomic E-state index is 6.08. The molecule has 1 aromatic carbocycles. The van der Waals surface area contributed by atoms with Crippen LogP contribution in [0.4, 0.5) is 0 Å². The number of halogens is 1. The Balaban J connectivity index is 1.96. The third-order valence-electron chi connectivity index (χ3n) is 4.48. The molecule has 2 rings (SSSR count). The number of aryl methyl sites for hydroxylation is 1. The maximum absolute atomic E-state index is 6.08. The maximum Gasteiger partial charge on any atom is 0.194 e. The van der Waals surface area contributed by atoms with E-state index in [0.29, 0.717) is 0 Å². The van der Waals surface area contributed by atoms with Crippen molar-refractivity contribution in [3.05, 3.63) is 58.4 Å². The smallest absolute Gasteiger partial charge is 0.194 e. The van der Waals surface area contributed by atoms with Crippen molar-refractivity contribution in [2.24, 2.45) is 12.0 Å². The van der Waals surface area contributed by atoms with Gasteiger partial charge in [-0.25, -0.2) is 0 Å². The molecule has 0 saturated carbocycles. The Labute approximate surface area is 162 Å². The standard InChI is InChI=1S/C20H30ClN5/c1-6-24(3)13-17-9-7-8-16(10-17)12-23-20(22-2)26(5)15-19-11-18(21)14-25(19)4/h7-11,14H,6,12-13,15H2,1-5H3,(H,22,23). The minimum Gasteiger partial charge on any atom is -0.352 e. The van der Waals surface area contributed by atoms with Crippen molar-refractivity contribution in [3.8, 4) is 0 Å². The van der Waals surface area contributed by atoms with Gasteiger partial charge in [-0.3, -0.25) is 4.99 Å². The fourth-order valence-corrected chi connectivity index (χ4v) is 3.14. The van der Waals surface area contributed by atoms with Crippen LogP contribution < -0.4 is 5.32 Å². The molecule has 0 atom stereocenters. The molecule has 2 aromatic rings. The SMILES string of the molecule is CCN(C)Cc1cccc(CNC(=NC)N(C)Cc2cc(Cl)cn2C)c1. The summed E-state index contributed by atoms with van der Waals surface area (Å²) in [4.78, 5) is 8.79. The second kappa shape index (κ2) is 9.64. The summed E-state index contributed by atoms with van der Waals surface area (Å²) in [6.07, 6.45) is 1.92. The van der Waals surface area contributed by atoms with Crippen LogP contribution in [0.1, 0.15) is 23.7 Å². The van der Waals surface area contributed by atoms with E-state index in [1.165, 1.54) is 11.1 Å². The molecule has 142 valence electrons. The van der Waals surface area contributed by atoms with Gasteiger partial charge >= 0.3 is 0 Å². The van der Waals surface area contributed by atoms with E-state index in [2.05, 4.69) is 58.3 Å². The number of hydrogen-bond donors (Lipinski definition) is 1. The van der Waals surface area contributed by atoms with E-state index in [-0.39, 0.29) is 0 Å². The summed E-state index contributed by atoms with van der Waals surface area (Å²) >= 11 is 6.08. The van der Waals surface area contributed by atoms with Crippen LogP contribution in [0.25, 0.3) is 0 Å². The summed E-state index contributed by atoms with van der Waals surface area (Å²) in [6, 6.07) is 10.7. The summed E-state index contributed by atoms with van der Waals surface area (Å²) in [7, 11) is 7.98. The van der Waals surface area contributed by atoms with Crippen molar-refractivity contribution in [1.82, 2.24) is 19.7 Å². The molecule has 1 heterocycles. The largest absolute Gasteiger partial charge is 0.352 e. The Morgan fingerprint density at radius 2 is 1.92 bits per heavy atom. The monoisotopic (exact) mass is 375 g/mol. The first-order chi connectivity index (χ1) is 12.4. The van der Waals surface area contributed by atoms with Gasteiger partial charge in [0.05, 0.1) is 11.6 Å². The fourth-order valence-electron chi connectivity index (χ4n) is 2.87. The lowest BCUT2D eigenvalue weighted by Gasteiger charge is -2.22. The predicted molar refractivity (Wildman–Crippen MR) is 111 cm³/mol. The topological polar surface area (TPSA) is 35.8 Å². The Kier molecular flexibility index (Phi) is 7.54. The van der Waals surface area contributed by atoms with E-state index < -0.39 is 0 Å². The van der Waals surface area contributed by atoms with Gasteiger partial charge in [-0.15, -0.1) is 0 Å². The number of aliphatic imine (C=N–C) groups is 1. The van der Waals surface area contributed by atoms with Crippen molar-refractivity contribution in [3.63, 3.8) is 0 Å². The molecule has 0 fully saturated rings. The Morgan fingerprint density at radius 3 is 2.54 bits per heavy atom. The van der Waals surface area contributed by atoms with Crippen molar-refractivity contribution in [2.75, 3.05) is 27.7 Å². The first kappa shape index (κ1) is 20.3. The number of aromatic nitrogens is 1. The average Bonchev–Trinajstić information content (AvgIpc) is 2.92. The van der Waals surface area contributed by atoms with Crippen LogP contribution in [0, 0.1) is 0 Å². The lowest BCUT2D eigenvalue weighted by atomic mass is 10.1. The molecule has 0 radical (unpaired) electrons. The van der Waals surface area contributed by atoms with Gasteiger partial charge in [0.15, 0.2) is 5.96 Å². The van der Waals surface area contributed by atoms with Gasteiger partial charge in [0.2, 0.25) is 0 Å². The molecule has 0 unspecified atom stereocenters. The molecule has 1 N–H and O–H groups in total. The van der Waals surface area contributed by atoms with Crippen molar-refractivity contribution in [1.29, 1.82) is 0 Å². The van der Waals surface area contributed by atoms with E-state index in [1.807, 2.05) is 38.0 Å². The molecule has 0 aliphatic rings. The van der Waals surface area contributed by atoms with Gasteiger partial charge in [0.25, 0.3) is 0 Å². The quantitative estimate of drug-likeness (QED) is 0.595. The first-order valence-corrected chi connectivity index (χ1v) is 9.29. The normalized spacial score (nSPS) is 11.9. The highest BCUT2D eigenvalue weighted by Gasteiger charge is 2.10. The number of benzene rings is 1.